The van der Waals surface area contributed by atoms with E-state index in [1.165, 1.54) is 25.3 Å². The number of benzene rings is 3. The van der Waals surface area contributed by atoms with E-state index in [0.29, 0.717) is 23.5 Å². The smallest absolute Gasteiger partial charge is 0.338 e. The fourth-order valence-electron chi connectivity index (χ4n) is 3.56. The van der Waals surface area contributed by atoms with Crippen LogP contribution in [0.3, 0.4) is 0 Å². The van der Waals surface area contributed by atoms with Crippen LogP contribution in [0.5, 0.6) is 5.75 Å². The number of likely N-dealkylation sites (N-methyl/N-ethyl adjacent to an activating group) is 1. The van der Waals surface area contributed by atoms with E-state index in [1.807, 2.05) is 13.8 Å². The number of ether oxygens (including phenoxy) is 2. The molecule has 1 amide bonds. The Hall–Kier alpha value is -3.60. The van der Waals surface area contributed by atoms with Crippen LogP contribution in [0.4, 0.5) is 11.4 Å². The first-order valence-corrected chi connectivity index (χ1v) is 13.8. The Morgan fingerprint density at radius 2 is 1.61 bits per heavy atom. The molecule has 3 rings (SSSR count). The van der Waals surface area contributed by atoms with Gasteiger partial charge in [-0.2, -0.15) is 0 Å². The summed E-state index contributed by atoms with van der Waals surface area (Å²) in [4.78, 5) is 27.0. The summed E-state index contributed by atoms with van der Waals surface area (Å²) in [6.07, 6.45) is 0. The Kier molecular flexibility index (Phi) is 10.1. The first kappa shape index (κ1) is 29.0. The molecular formula is C27H30ClN3O6S. The summed E-state index contributed by atoms with van der Waals surface area (Å²) in [5.74, 6) is -0.674. The number of nitrogens with zero attached hydrogens (tertiary/aromatic N) is 1. The molecule has 2 N–H and O–H groups in total. The summed E-state index contributed by atoms with van der Waals surface area (Å²) in [5.41, 5.74) is 1.08. The van der Waals surface area contributed by atoms with Crippen LogP contribution in [-0.4, -0.2) is 58.5 Å². The number of para-hydroxylation sites is 2. The quantitative estimate of drug-likeness (QED) is 0.303. The molecule has 3 aromatic carbocycles. The Morgan fingerprint density at radius 1 is 0.947 bits per heavy atom. The fraction of sp³-hybridized carbons (Fsp3) is 0.259. The second kappa shape index (κ2) is 13.3. The van der Waals surface area contributed by atoms with Crippen LogP contribution in [0, 0.1) is 0 Å². The van der Waals surface area contributed by atoms with Gasteiger partial charge in [0.05, 0.1) is 23.4 Å². The number of hydrogen-bond acceptors (Lipinski definition) is 7. The summed E-state index contributed by atoms with van der Waals surface area (Å²) in [7, 11) is -2.71. The normalized spacial score (nSPS) is 11.2. The van der Waals surface area contributed by atoms with Gasteiger partial charge in [0.1, 0.15) is 17.3 Å². The van der Waals surface area contributed by atoms with Crippen molar-refractivity contribution in [3.05, 3.63) is 82.9 Å². The van der Waals surface area contributed by atoms with Crippen LogP contribution in [-0.2, 0) is 14.8 Å². The van der Waals surface area contributed by atoms with Crippen molar-refractivity contribution in [2.75, 3.05) is 43.4 Å². The number of hydrogen-bond donors (Lipinski definition) is 2. The molecule has 0 heterocycles. The molecule has 0 bridgehead atoms. The molecule has 0 aromatic heterocycles. The number of anilines is 2. The minimum absolute atomic E-state index is 0.0483. The number of nitrogens with one attached hydrogen (secondary N) is 2. The highest BCUT2D eigenvalue weighted by Gasteiger charge is 2.22. The molecule has 0 fully saturated rings. The maximum Gasteiger partial charge on any atom is 0.338 e. The fourth-order valence-corrected chi connectivity index (χ4v) is 5.16. The third kappa shape index (κ3) is 7.47. The van der Waals surface area contributed by atoms with Crippen LogP contribution >= 0.6 is 11.6 Å². The second-order valence-electron chi connectivity index (χ2n) is 8.15. The lowest BCUT2D eigenvalue weighted by atomic mass is 10.2. The van der Waals surface area contributed by atoms with Gasteiger partial charge in [-0.1, -0.05) is 37.6 Å². The molecule has 0 radical (unpaired) electrons. The third-order valence-corrected chi connectivity index (χ3v) is 7.59. The molecule has 3 aromatic rings. The molecular weight excluding hydrogens is 530 g/mol. The number of esters is 1. The van der Waals surface area contributed by atoms with Gasteiger partial charge in [0, 0.05) is 17.8 Å². The summed E-state index contributed by atoms with van der Waals surface area (Å²) < 4.78 is 39.0. The summed E-state index contributed by atoms with van der Waals surface area (Å²) in [6.45, 7) is 6.78. The predicted molar refractivity (Wildman–Crippen MR) is 148 cm³/mol. The van der Waals surface area contributed by atoms with Gasteiger partial charge in [-0.3, -0.25) is 9.52 Å². The van der Waals surface area contributed by atoms with Gasteiger partial charge < -0.3 is 19.7 Å². The average Bonchev–Trinajstić information content (AvgIpc) is 2.91. The zero-order valence-electron chi connectivity index (χ0n) is 21.4. The van der Waals surface area contributed by atoms with Crippen LogP contribution in [0.1, 0.15) is 34.6 Å². The largest absolute Gasteiger partial charge is 0.495 e. The van der Waals surface area contributed by atoms with E-state index in [4.69, 9.17) is 21.1 Å². The van der Waals surface area contributed by atoms with Crippen molar-refractivity contribution < 1.29 is 27.5 Å². The van der Waals surface area contributed by atoms with Crippen molar-refractivity contribution in [3.63, 3.8) is 0 Å². The molecule has 202 valence electrons. The van der Waals surface area contributed by atoms with E-state index < -0.39 is 21.9 Å². The lowest BCUT2D eigenvalue weighted by Gasteiger charge is -2.17. The van der Waals surface area contributed by atoms with Gasteiger partial charge in [0.15, 0.2) is 0 Å². The van der Waals surface area contributed by atoms with Gasteiger partial charge in [-0.15, -0.1) is 0 Å². The monoisotopic (exact) mass is 559 g/mol. The van der Waals surface area contributed by atoms with Crippen molar-refractivity contribution in [3.8, 4) is 5.75 Å². The highest BCUT2D eigenvalue weighted by Crippen LogP contribution is 2.29. The maximum absolute atomic E-state index is 13.0. The number of sulfonamides is 1. The zero-order valence-corrected chi connectivity index (χ0v) is 22.9. The molecule has 0 aliphatic rings. The molecule has 0 aliphatic carbocycles. The average molecular weight is 560 g/mol. The topological polar surface area (TPSA) is 114 Å². The Labute approximate surface area is 227 Å². The first-order chi connectivity index (χ1) is 18.2. The lowest BCUT2D eigenvalue weighted by Crippen LogP contribution is -2.27. The Morgan fingerprint density at radius 3 is 2.26 bits per heavy atom. The molecule has 0 saturated carbocycles. The number of methoxy groups -OCH3 is 1. The zero-order chi connectivity index (χ0) is 27.7. The van der Waals surface area contributed by atoms with Gasteiger partial charge in [-0.05, 0) is 67.7 Å². The number of amides is 1. The third-order valence-electron chi connectivity index (χ3n) is 5.75. The van der Waals surface area contributed by atoms with E-state index >= 15 is 0 Å². The lowest BCUT2D eigenvalue weighted by molar-refractivity contribution is 0.0466. The summed E-state index contributed by atoms with van der Waals surface area (Å²) in [6, 6.07) is 16.7. The summed E-state index contributed by atoms with van der Waals surface area (Å²) >= 11 is 6.17. The van der Waals surface area contributed by atoms with Gasteiger partial charge in [0.25, 0.3) is 15.9 Å². The molecule has 11 heteroatoms. The van der Waals surface area contributed by atoms with Crippen LogP contribution in [0.15, 0.2) is 71.6 Å². The van der Waals surface area contributed by atoms with E-state index in [0.717, 1.165) is 13.1 Å². The van der Waals surface area contributed by atoms with E-state index in [9.17, 15) is 18.0 Å². The molecule has 0 aliphatic heterocycles. The van der Waals surface area contributed by atoms with Crippen molar-refractivity contribution in [1.29, 1.82) is 0 Å². The molecule has 0 unspecified atom stereocenters. The number of halogens is 1. The van der Waals surface area contributed by atoms with E-state index in [2.05, 4.69) is 14.9 Å². The summed E-state index contributed by atoms with van der Waals surface area (Å²) in [5, 5.41) is 2.64. The number of rotatable bonds is 12. The van der Waals surface area contributed by atoms with E-state index in [-0.39, 0.29) is 27.8 Å². The molecule has 0 spiro atoms. The van der Waals surface area contributed by atoms with Crippen LogP contribution in [0.25, 0.3) is 0 Å². The molecule has 0 atom stereocenters. The first-order valence-electron chi connectivity index (χ1n) is 11.9. The predicted octanol–water partition coefficient (Wildman–Crippen LogP) is 4.90. The maximum atomic E-state index is 13.0. The van der Waals surface area contributed by atoms with Gasteiger partial charge in [-0.25, -0.2) is 13.2 Å². The standard InChI is InChI=1S/C27H30ClN3O6S/c1-4-31(5-2)16-17-37-27(33)19-10-13-21(14-11-19)29-26(32)20-12-15-22(28)25(18-20)38(34,35)30-23-8-6-7-9-24(23)36-3/h6-15,18,30H,4-5,16-17H2,1-3H3,(H,29,32). The molecule has 0 saturated heterocycles. The van der Waals surface area contributed by atoms with Gasteiger partial charge >= 0.3 is 5.97 Å². The second-order valence-corrected chi connectivity index (χ2v) is 10.2. The Balaban J connectivity index is 1.68. The number of carbonyl (C=O) groups excluding carboxylic acids is 2. The minimum Gasteiger partial charge on any atom is -0.495 e. The Bertz CT molecular complexity index is 1380. The number of carbonyl (C=O) groups is 2. The minimum atomic E-state index is -4.13. The van der Waals surface area contributed by atoms with Crippen molar-refractivity contribution in [2.24, 2.45) is 0 Å². The highest BCUT2D eigenvalue weighted by molar-refractivity contribution is 7.92. The van der Waals surface area contributed by atoms with Crippen molar-refractivity contribution in [2.45, 2.75) is 18.7 Å². The van der Waals surface area contributed by atoms with Crippen LogP contribution < -0.4 is 14.8 Å². The molecule has 38 heavy (non-hydrogen) atoms. The van der Waals surface area contributed by atoms with Gasteiger partial charge in [0.2, 0.25) is 0 Å². The van der Waals surface area contributed by atoms with E-state index in [1.54, 1.807) is 48.5 Å². The molecule has 9 nitrogen and oxygen atoms in total. The highest BCUT2D eigenvalue weighted by atomic mass is 35.5. The van der Waals surface area contributed by atoms with Crippen molar-refractivity contribution >= 4 is 44.9 Å². The van der Waals surface area contributed by atoms with Crippen molar-refractivity contribution in [1.82, 2.24) is 4.90 Å². The van der Waals surface area contributed by atoms with Crippen LogP contribution in [0.2, 0.25) is 5.02 Å². The SMILES string of the molecule is CCN(CC)CCOC(=O)c1ccc(NC(=O)c2ccc(Cl)c(S(=O)(=O)Nc3ccccc3OC)c2)cc1.